The molecule has 2 aromatic carbocycles. The van der Waals surface area contributed by atoms with E-state index >= 15 is 0 Å². The van der Waals surface area contributed by atoms with Gasteiger partial charge in [0.2, 0.25) is 0 Å². The molecule has 0 saturated carbocycles. The minimum absolute atomic E-state index is 0.169. The number of benzene rings is 2. The fraction of sp³-hybridized carbons (Fsp3) is 0.261. The molecule has 32 heavy (non-hydrogen) atoms. The van der Waals surface area contributed by atoms with Gasteiger partial charge in [-0.3, -0.25) is 9.48 Å². The average Bonchev–Trinajstić information content (AvgIpc) is 3.34. The number of thioether (sulfide) groups is 1. The molecule has 1 amide bonds. The van der Waals surface area contributed by atoms with E-state index in [4.69, 9.17) is 23.2 Å². The first-order chi connectivity index (χ1) is 15.5. The first-order valence-corrected chi connectivity index (χ1v) is 11.9. The molecule has 2 aliphatic heterocycles. The molecule has 0 N–H and O–H groups in total. The van der Waals surface area contributed by atoms with E-state index in [-0.39, 0.29) is 5.91 Å². The summed E-state index contributed by atoms with van der Waals surface area (Å²) in [7, 11) is 2.11. The molecule has 1 aromatic heterocycles. The van der Waals surface area contributed by atoms with Crippen molar-refractivity contribution < 1.29 is 4.79 Å². The fourth-order valence-corrected chi connectivity index (χ4v) is 5.25. The maximum Gasteiger partial charge on any atom is 0.286 e. The van der Waals surface area contributed by atoms with Gasteiger partial charge in [0.1, 0.15) is 0 Å². The van der Waals surface area contributed by atoms with Crippen molar-refractivity contribution in [1.29, 1.82) is 0 Å². The summed E-state index contributed by atoms with van der Waals surface area (Å²) in [5.41, 5.74) is 2.90. The van der Waals surface area contributed by atoms with Crippen LogP contribution in [0.2, 0.25) is 10.0 Å². The number of likely N-dealkylation sites (N-methyl/N-ethyl adjacent to an activating group) is 1. The third-order valence-corrected chi connectivity index (χ3v) is 7.31. The van der Waals surface area contributed by atoms with Crippen LogP contribution in [-0.4, -0.2) is 63.9 Å². The zero-order valence-electron chi connectivity index (χ0n) is 17.5. The summed E-state index contributed by atoms with van der Waals surface area (Å²) in [6.07, 6.45) is 3.74. The summed E-state index contributed by atoms with van der Waals surface area (Å²) in [5, 5.41) is 7.56. The van der Waals surface area contributed by atoms with Gasteiger partial charge in [0.25, 0.3) is 5.91 Å². The molecule has 9 heteroatoms. The standard InChI is InChI=1S/C23H21Cl2N5OS/c1-28-6-8-29(9-7-28)23-27-22(31)21(32-23)11-15-2-5-20-17(10-15)13-26-30(20)14-16-3-4-18(24)12-19(16)25/h2-5,10-13H,6-9,14H2,1H3. The van der Waals surface area contributed by atoms with Crippen molar-refractivity contribution in [3.63, 3.8) is 0 Å². The van der Waals surface area contributed by atoms with Gasteiger partial charge in [0.15, 0.2) is 5.17 Å². The summed E-state index contributed by atoms with van der Waals surface area (Å²) < 4.78 is 1.91. The second-order valence-electron chi connectivity index (χ2n) is 7.96. The highest BCUT2D eigenvalue weighted by Gasteiger charge is 2.27. The quantitative estimate of drug-likeness (QED) is 0.507. The van der Waals surface area contributed by atoms with Crippen LogP contribution in [0.1, 0.15) is 11.1 Å². The van der Waals surface area contributed by atoms with Crippen molar-refractivity contribution in [2.45, 2.75) is 6.54 Å². The van der Waals surface area contributed by atoms with Crippen LogP contribution < -0.4 is 0 Å². The Hall–Kier alpha value is -2.32. The van der Waals surface area contributed by atoms with Crippen LogP contribution in [0, 0.1) is 0 Å². The number of aromatic nitrogens is 2. The van der Waals surface area contributed by atoms with Crippen LogP contribution in [0.15, 0.2) is 52.5 Å². The number of amides is 1. The van der Waals surface area contributed by atoms with Crippen molar-refractivity contribution >= 4 is 63.0 Å². The number of aliphatic imine (C=N–C) groups is 1. The van der Waals surface area contributed by atoms with Gasteiger partial charge >= 0.3 is 0 Å². The van der Waals surface area contributed by atoms with Crippen molar-refractivity contribution in [3.8, 4) is 0 Å². The molecular formula is C23H21Cl2N5OS. The molecule has 0 aliphatic carbocycles. The number of nitrogens with zero attached hydrogens (tertiary/aromatic N) is 5. The van der Waals surface area contributed by atoms with Crippen LogP contribution >= 0.6 is 35.0 Å². The number of piperazine rings is 1. The van der Waals surface area contributed by atoms with E-state index in [1.165, 1.54) is 11.8 Å². The molecule has 5 rings (SSSR count). The number of carbonyl (C=O) groups excluding carboxylic acids is 1. The van der Waals surface area contributed by atoms with Gasteiger partial charge in [-0.05, 0) is 60.3 Å². The predicted octanol–water partition coefficient (Wildman–Crippen LogP) is 4.61. The lowest BCUT2D eigenvalue weighted by Crippen LogP contribution is -2.46. The van der Waals surface area contributed by atoms with E-state index in [0.717, 1.165) is 53.4 Å². The Morgan fingerprint density at radius 1 is 1.09 bits per heavy atom. The van der Waals surface area contributed by atoms with Crippen LogP contribution in [0.5, 0.6) is 0 Å². The Kier molecular flexibility index (Phi) is 5.99. The van der Waals surface area contributed by atoms with Crippen molar-refractivity contribution in [1.82, 2.24) is 19.6 Å². The number of carbonyl (C=O) groups is 1. The first kappa shape index (κ1) is 21.5. The second-order valence-corrected chi connectivity index (χ2v) is 9.81. The fourth-order valence-electron chi connectivity index (χ4n) is 3.81. The lowest BCUT2D eigenvalue weighted by molar-refractivity contribution is -0.113. The van der Waals surface area contributed by atoms with Crippen molar-refractivity contribution in [2.75, 3.05) is 33.2 Å². The van der Waals surface area contributed by atoms with E-state index in [0.29, 0.717) is 21.5 Å². The molecule has 0 atom stereocenters. The number of amidine groups is 1. The minimum atomic E-state index is -0.169. The Morgan fingerprint density at radius 3 is 2.69 bits per heavy atom. The summed E-state index contributed by atoms with van der Waals surface area (Å²) in [4.78, 5) is 21.9. The highest BCUT2D eigenvalue weighted by Crippen LogP contribution is 2.31. The van der Waals surface area contributed by atoms with Gasteiger partial charge in [-0.2, -0.15) is 10.1 Å². The molecule has 3 aromatic rings. The SMILES string of the molecule is CN1CCN(C2=NC(=O)C(=Cc3ccc4c(cnn4Cc4ccc(Cl)cc4Cl)c3)S2)CC1. The molecule has 0 radical (unpaired) electrons. The Balaban J connectivity index is 1.34. The molecule has 1 saturated heterocycles. The molecule has 164 valence electrons. The number of hydrogen-bond acceptors (Lipinski definition) is 5. The zero-order valence-corrected chi connectivity index (χ0v) is 19.8. The van der Waals surface area contributed by atoms with Gasteiger partial charge in [-0.1, -0.05) is 35.3 Å². The van der Waals surface area contributed by atoms with Crippen molar-refractivity contribution in [3.05, 3.63) is 68.7 Å². The lowest BCUT2D eigenvalue weighted by Gasteiger charge is -2.32. The lowest BCUT2D eigenvalue weighted by atomic mass is 10.1. The van der Waals surface area contributed by atoms with E-state index in [1.807, 2.05) is 47.3 Å². The van der Waals surface area contributed by atoms with Gasteiger partial charge in [0.05, 0.1) is 23.2 Å². The third-order valence-electron chi connectivity index (χ3n) is 5.68. The maximum absolute atomic E-state index is 12.5. The van der Waals surface area contributed by atoms with E-state index in [1.54, 1.807) is 6.07 Å². The second kappa shape index (κ2) is 8.90. The van der Waals surface area contributed by atoms with Crippen LogP contribution in [0.3, 0.4) is 0 Å². The van der Waals surface area contributed by atoms with E-state index in [2.05, 4.69) is 26.9 Å². The normalized spacial score (nSPS) is 18.7. The molecule has 0 bridgehead atoms. The molecule has 2 aliphatic rings. The Bertz CT molecular complexity index is 1260. The third kappa shape index (κ3) is 4.43. The monoisotopic (exact) mass is 485 g/mol. The zero-order chi connectivity index (χ0) is 22.2. The van der Waals surface area contributed by atoms with E-state index < -0.39 is 0 Å². The van der Waals surface area contributed by atoms with Gasteiger partial charge in [-0.25, -0.2) is 0 Å². The number of rotatable bonds is 3. The molecule has 0 spiro atoms. The molecular weight excluding hydrogens is 465 g/mol. The summed E-state index contributed by atoms with van der Waals surface area (Å²) >= 11 is 13.8. The summed E-state index contributed by atoms with van der Waals surface area (Å²) in [6.45, 7) is 4.30. The first-order valence-electron chi connectivity index (χ1n) is 10.3. The number of halogens is 2. The van der Waals surface area contributed by atoms with Gasteiger partial charge < -0.3 is 9.80 Å². The predicted molar refractivity (Wildman–Crippen MR) is 132 cm³/mol. The van der Waals surface area contributed by atoms with Gasteiger partial charge in [-0.15, -0.1) is 0 Å². The summed E-state index contributed by atoms with van der Waals surface area (Å²) in [6, 6.07) is 11.5. The smallest absolute Gasteiger partial charge is 0.286 e. The molecule has 0 unspecified atom stereocenters. The Labute approximate surface area is 200 Å². The number of fused-ring (bicyclic) bond motifs is 1. The molecule has 6 nitrogen and oxygen atoms in total. The summed E-state index contributed by atoms with van der Waals surface area (Å²) in [5.74, 6) is -0.169. The van der Waals surface area contributed by atoms with Crippen molar-refractivity contribution in [2.24, 2.45) is 4.99 Å². The highest BCUT2D eigenvalue weighted by atomic mass is 35.5. The topological polar surface area (TPSA) is 53.7 Å². The largest absolute Gasteiger partial charge is 0.348 e. The molecule has 1 fully saturated rings. The minimum Gasteiger partial charge on any atom is -0.348 e. The number of hydrogen-bond donors (Lipinski definition) is 0. The van der Waals surface area contributed by atoms with Crippen LogP contribution in [0.25, 0.3) is 17.0 Å². The average molecular weight is 486 g/mol. The van der Waals surface area contributed by atoms with Gasteiger partial charge in [0, 0.05) is 41.6 Å². The Morgan fingerprint density at radius 2 is 1.91 bits per heavy atom. The highest BCUT2D eigenvalue weighted by molar-refractivity contribution is 8.18. The maximum atomic E-state index is 12.5. The van der Waals surface area contributed by atoms with E-state index in [9.17, 15) is 4.79 Å². The van der Waals surface area contributed by atoms with Crippen LogP contribution in [-0.2, 0) is 11.3 Å². The molecule has 3 heterocycles. The van der Waals surface area contributed by atoms with Crippen LogP contribution in [0.4, 0.5) is 0 Å².